The maximum Gasteiger partial charge on any atom is 0.262 e. The molecule has 1 heterocycles. The van der Waals surface area contributed by atoms with Crippen LogP contribution in [0.1, 0.15) is 11.7 Å². The van der Waals surface area contributed by atoms with E-state index >= 15 is 0 Å². The molecule has 0 fully saturated rings. The van der Waals surface area contributed by atoms with Crippen LogP contribution in [0, 0.1) is 0 Å². The van der Waals surface area contributed by atoms with E-state index in [0.29, 0.717) is 17.0 Å². The molecule has 1 aliphatic rings. The Hall–Kier alpha value is -1.30. The molecular weight excluding hydrogens is 232 g/mol. The number of carbonyl (C=O) groups is 1. The van der Waals surface area contributed by atoms with Crippen LogP contribution < -0.4 is 15.8 Å². The van der Waals surface area contributed by atoms with Gasteiger partial charge in [-0.15, -0.1) is 12.4 Å². The first-order chi connectivity index (χ1) is 7.22. The van der Waals surface area contributed by atoms with Crippen LogP contribution in [0.4, 0.5) is 5.69 Å². The Bertz CT molecular complexity index is 398. The summed E-state index contributed by atoms with van der Waals surface area (Å²) in [7, 11) is 0. The van der Waals surface area contributed by atoms with Gasteiger partial charge in [-0.3, -0.25) is 4.79 Å². The number of fused-ring (bicyclic) bond motifs is 1. The van der Waals surface area contributed by atoms with Gasteiger partial charge in [-0.25, -0.2) is 0 Å². The van der Waals surface area contributed by atoms with E-state index in [2.05, 4.69) is 5.32 Å². The van der Waals surface area contributed by atoms with Gasteiger partial charge in [0.15, 0.2) is 6.61 Å². The third-order valence-electron chi connectivity index (χ3n) is 2.25. The number of hydrogen-bond acceptors (Lipinski definition) is 4. The molecule has 0 aromatic heterocycles. The molecule has 6 heteroatoms. The van der Waals surface area contributed by atoms with Crippen molar-refractivity contribution in [1.29, 1.82) is 0 Å². The van der Waals surface area contributed by atoms with Gasteiger partial charge in [-0.05, 0) is 6.07 Å². The number of hydrogen-bond donors (Lipinski definition) is 3. The number of aliphatic hydroxyl groups excluding tert-OH is 1. The zero-order chi connectivity index (χ0) is 10.8. The van der Waals surface area contributed by atoms with Crippen LogP contribution in [0.2, 0.25) is 0 Å². The van der Waals surface area contributed by atoms with Gasteiger partial charge >= 0.3 is 0 Å². The topological polar surface area (TPSA) is 84.6 Å². The van der Waals surface area contributed by atoms with E-state index in [9.17, 15) is 9.90 Å². The van der Waals surface area contributed by atoms with Gasteiger partial charge in [0.05, 0.1) is 11.8 Å². The summed E-state index contributed by atoms with van der Waals surface area (Å²) in [6.45, 7) is 0.0923. The molecule has 4 N–H and O–H groups in total. The third kappa shape index (κ3) is 2.27. The summed E-state index contributed by atoms with van der Waals surface area (Å²) < 4.78 is 5.26. The highest BCUT2D eigenvalue weighted by Crippen LogP contribution is 2.34. The maximum absolute atomic E-state index is 11.1. The number of nitrogens with one attached hydrogen (secondary N) is 1. The molecule has 1 amide bonds. The quantitative estimate of drug-likeness (QED) is 0.705. The van der Waals surface area contributed by atoms with Crippen LogP contribution in [0.5, 0.6) is 5.75 Å². The molecule has 88 valence electrons. The maximum atomic E-state index is 11.1. The van der Waals surface area contributed by atoms with Crippen LogP contribution in [0.15, 0.2) is 18.2 Å². The van der Waals surface area contributed by atoms with Crippen molar-refractivity contribution in [3.63, 3.8) is 0 Å². The highest BCUT2D eigenvalue weighted by molar-refractivity contribution is 5.95. The van der Waals surface area contributed by atoms with E-state index in [-0.39, 0.29) is 31.5 Å². The zero-order valence-electron chi connectivity index (χ0n) is 8.47. The summed E-state index contributed by atoms with van der Waals surface area (Å²) in [5, 5.41) is 12.3. The minimum atomic E-state index is -0.769. The van der Waals surface area contributed by atoms with Gasteiger partial charge < -0.3 is 20.9 Å². The number of para-hydroxylation sites is 1. The number of amides is 1. The van der Waals surface area contributed by atoms with E-state index in [1.165, 1.54) is 0 Å². The second-order valence-electron chi connectivity index (χ2n) is 3.31. The van der Waals surface area contributed by atoms with E-state index in [1.807, 2.05) is 0 Å². The van der Waals surface area contributed by atoms with Crippen LogP contribution >= 0.6 is 12.4 Å². The van der Waals surface area contributed by atoms with Crippen molar-refractivity contribution in [3.8, 4) is 5.75 Å². The van der Waals surface area contributed by atoms with Gasteiger partial charge in [0.2, 0.25) is 0 Å². The van der Waals surface area contributed by atoms with Crippen molar-refractivity contribution in [1.82, 2.24) is 0 Å². The SMILES string of the molecule is Cl.NCC(O)c1cccc2c1OCC(=O)N2. The van der Waals surface area contributed by atoms with Crippen LogP contribution in [0.25, 0.3) is 0 Å². The molecule has 1 unspecified atom stereocenters. The normalized spacial score (nSPS) is 15.2. The molecular formula is C10H13ClN2O3. The molecule has 0 bridgehead atoms. The monoisotopic (exact) mass is 244 g/mol. The second-order valence-corrected chi connectivity index (χ2v) is 3.31. The minimum absolute atomic E-state index is 0. The molecule has 0 radical (unpaired) electrons. The number of ether oxygens (including phenoxy) is 1. The first kappa shape index (κ1) is 12.8. The summed E-state index contributed by atoms with van der Waals surface area (Å²) in [6, 6.07) is 5.19. The molecule has 0 saturated carbocycles. The van der Waals surface area contributed by atoms with Gasteiger partial charge in [0.1, 0.15) is 5.75 Å². The standard InChI is InChI=1S/C10H12N2O3.ClH/c11-4-8(13)6-2-1-3-7-10(6)15-5-9(14)12-7;/h1-3,8,13H,4-5,11H2,(H,12,14);1H. The molecule has 2 rings (SSSR count). The summed E-state index contributed by atoms with van der Waals surface area (Å²) >= 11 is 0. The Morgan fingerprint density at radius 2 is 2.31 bits per heavy atom. The Morgan fingerprint density at radius 3 is 3.00 bits per heavy atom. The van der Waals surface area contributed by atoms with Crippen molar-refractivity contribution >= 4 is 24.0 Å². The van der Waals surface area contributed by atoms with E-state index < -0.39 is 6.10 Å². The number of halogens is 1. The summed E-state index contributed by atoms with van der Waals surface area (Å²) in [6.07, 6.45) is -0.769. The van der Waals surface area contributed by atoms with Gasteiger partial charge in [-0.2, -0.15) is 0 Å². The van der Waals surface area contributed by atoms with Gasteiger partial charge in [0, 0.05) is 12.1 Å². The van der Waals surface area contributed by atoms with Crippen molar-refractivity contribution < 1.29 is 14.6 Å². The minimum Gasteiger partial charge on any atom is -0.481 e. The number of carbonyl (C=O) groups excluding carboxylic acids is 1. The summed E-state index contributed by atoms with van der Waals surface area (Å²) in [5.74, 6) is 0.317. The molecule has 1 aliphatic heterocycles. The average Bonchev–Trinajstić information content (AvgIpc) is 2.26. The Morgan fingerprint density at radius 1 is 1.56 bits per heavy atom. The molecule has 0 spiro atoms. The lowest BCUT2D eigenvalue weighted by Crippen LogP contribution is -2.26. The van der Waals surface area contributed by atoms with Crippen molar-refractivity contribution in [3.05, 3.63) is 23.8 Å². The van der Waals surface area contributed by atoms with E-state index in [1.54, 1.807) is 18.2 Å². The summed E-state index contributed by atoms with van der Waals surface area (Å²) in [4.78, 5) is 11.1. The highest BCUT2D eigenvalue weighted by Gasteiger charge is 2.21. The Balaban J connectivity index is 0.00000128. The molecule has 1 aromatic rings. The van der Waals surface area contributed by atoms with Gasteiger partial charge in [-0.1, -0.05) is 12.1 Å². The predicted octanol–water partition coefficient (Wildman–Crippen LogP) is 0.431. The average molecular weight is 245 g/mol. The summed E-state index contributed by atoms with van der Waals surface area (Å²) in [5.41, 5.74) is 6.56. The van der Waals surface area contributed by atoms with Gasteiger partial charge in [0.25, 0.3) is 5.91 Å². The number of anilines is 1. The lowest BCUT2D eigenvalue weighted by molar-refractivity contribution is -0.118. The number of benzene rings is 1. The lowest BCUT2D eigenvalue weighted by atomic mass is 10.1. The van der Waals surface area contributed by atoms with E-state index in [0.717, 1.165) is 0 Å². The Labute approximate surface area is 99.0 Å². The largest absolute Gasteiger partial charge is 0.481 e. The fraction of sp³-hybridized carbons (Fsp3) is 0.300. The Kier molecular flexibility index (Phi) is 4.12. The number of aliphatic hydroxyl groups is 1. The van der Waals surface area contributed by atoms with E-state index in [4.69, 9.17) is 10.5 Å². The van der Waals surface area contributed by atoms with Crippen LogP contribution in [-0.2, 0) is 4.79 Å². The van der Waals surface area contributed by atoms with Crippen molar-refractivity contribution in [2.45, 2.75) is 6.10 Å². The number of rotatable bonds is 2. The molecule has 1 aromatic carbocycles. The first-order valence-corrected chi connectivity index (χ1v) is 4.66. The molecule has 5 nitrogen and oxygen atoms in total. The first-order valence-electron chi connectivity index (χ1n) is 4.66. The fourth-order valence-electron chi connectivity index (χ4n) is 1.53. The van der Waals surface area contributed by atoms with Crippen LogP contribution in [0.3, 0.4) is 0 Å². The molecule has 0 saturated heterocycles. The fourth-order valence-corrected chi connectivity index (χ4v) is 1.53. The molecule has 0 aliphatic carbocycles. The second kappa shape index (κ2) is 5.16. The highest BCUT2D eigenvalue weighted by atomic mass is 35.5. The lowest BCUT2D eigenvalue weighted by Gasteiger charge is -2.22. The predicted molar refractivity (Wildman–Crippen MR) is 61.8 cm³/mol. The smallest absolute Gasteiger partial charge is 0.262 e. The molecule has 1 atom stereocenters. The van der Waals surface area contributed by atoms with Crippen molar-refractivity contribution in [2.24, 2.45) is 5.73 Å². The molecule has 16 heavy (non-hydrogen) atoms. The van der Waals surface area contributed by atoms with Crippen molar-refractivity contribution in [2.75, 3.05) is 18.5 Å². The van der Waals surface area contributed by atoms with Crippen LogP contribution in [-0.4, -0.2) is 24.2 Å². The number of nitrogens with two attached hydrogens (primary N) is 1. The zero-order valence-corrected chi connectivity index (χ0v) is 9.29. The third-order valence-corrected chi connectivity index (χ3v) is 2.25.